The molecule has 0 aromatic rings. The highest BCUT2D eigenvalue weighted by Gasteiger charge is 2.02. The third kappa shape index (κ3) is 5.69. The minimum atomic E-state index is 0.477. The Kier molecular flexibility index (Phi) is 6.69. The smallest absolute Gasteiger partial charge is 0.0265 e. The summed E-state index contributed by atoms with van der Waals surface area (Å²) in [6, 6.07) is 0.477. The molecule has 2 heteroatoms. The summed E-state index contributed by atoms with van der Waals surface area (Å²) in [5.74, 6) is 0.708. The average molecular weight is 184 g/mol. The second-order valence-electron chi connectivity index (χ2n) is 3.89. The van der Waals surface area contributed by atoms with E-state index >= 15 is 0 Å². The molecule has 13 heavy (non-hydrogen) atoms. The van der Waals surface area contributed by atoms with Crippen LogP contribution in [-0.4, -0.2) is 19.6 Å². The molecule has 0 spiro atoms. The average Bonchev–Trinajstić information content (AvgIpc) is 2.11. The first-order valence-corrected chi connectivity index (χ1v) is 5.21. The van der Waals surface area contributed by atoms with Crippen molar-refractivity contribution in [2.24, 2.45) is 5.92 Å². The van der Waals surface area contributed by atoms with E-state index in [1.807, 2.05) is 7.05 Å². The van der Waals surface area contributed by atoms with Crippen LogP contribution in [0.15, 0.2) is 11.8 Å². The molecule has 1 atom stereocenters. The van der Waals surface area contributed by atoms with Gasteiger partial charge < -0.3 is 10.6 Å². The second kappa shape index (κ2) is 6.96. The number of hydrogen-bond acceptors (Lipinski definition) is 2. The Morgan fingerprint density at radius 3 is 2.31 bits per heavy atom. The molecule has 0 aromatic carbocycles. The lowest BCUT2D eigenvalue weighted by molar-refractivity contribution is 0.599. The fraction of sp³-hybridized carbons (Fsp3) is 0.818. The van der Waals surface area contributed by atoms with Crippen LogP contribution in [0.25, 0.3) is 0 Å². The predicted molar refractivity (Wildman–Crippen MR) is 59.7 cm³/mol. The van der Waals surface area contributed by atoms with E-state index in [-0.39, 0.29) is 0 Å². The number of nitrogens with one attached hydrogen (secondary N) is 2. The molecule has 78 valence electrons. The Morgan fingerprint density at radius 2 is 1.92 bits per heavy atom. The van der Waals surface area contributed by atoms with Crippen molar-refractivity contribution in [3.05, 3.63) is 11.8 Å². The van der Waals surface area contributed by atoms with E-state index in [1.54, 1.807) is 0 Å². The van der Waals surface area contributed by atoms with Gasteiger partial charge in [-0.05, 0) is 38.1 Å². The molecular weight excluding hydrogens is 160 g/mol. The molecule has 0 heterocycles. The van der Waals surface area contributed by atoms with E-state index in [2.05, 4.69) is 44.5 Å². The molecule has 0 aliphatic heterocycles. The van der Waals surface area contributed by atoms with Crippen LogP contribution in [0, 0.1) is 5.92 Å². The zero-order valence-electron chi connectivity index (χ0n) is 9.65. The minimum Gasteiger partial charge on any atom is -0.391 e. The minimum absolute atomic E-state index is 0.477. The van der Waals surface area contributed by atoms with Crippen LogP contribution in [0.4, 0.5) is 0 Å². The maximum atomic E-state index is 3.35. The molecular formula is C11H24N2. The molecule has 0 saturated heterocycles. The van der Waals surface area contributed by atoms with E-state index in [1.165, 1.54) is 5.57 Å². The largest absolute Gasteiger partial charge is 0.391 e. The highest BCUT2D eigenvalue weighted by molar-refractivity contribution is 5.07. The highest BCUT2D eigenvalue weighted by Crippen LogP contribution is 2.04. The standard InChI is InChI=1S/C11H24N2/c1-6-11(10(4)12-5)8-13-7-9(2)3/h8-10,12-13H,6-7H2,1-5H3/b11-8-. The maximum Gasteiger partial charge on any atom is 0.0265 e. The van der Waals surface area contributed by atoms with Gasteiger partial charge in [-0.2, -0.15) is 0 Å². The lowest BCUT2D eigenvalue weighted by Crippen LogP contribution is -2.25. The number of rotatable bonds is 6. The monoisotopic (exact) mass is 184 g/mol. The van der Waals surface area contributed by atoms with Gasteiger partial charge in [0.25, 0.3) is 0 Å². The SMILES string of the molecule is CC/C(=C/NCC(C)C)C(C)NC. The van der Waals surface area contributed by atoms with Crippen LogP contribution in [-0.2, 0) is 0 Å². The Bertz CT molecular complexity index is 150. The first-order valence-electron chi connectivity index (χ1n) is 5.21. The van der Waals surface area contributed by atoms with E-state index < -0.39 is 0 Å². The highest BCUT2D eigenvalue weighted by atomic mass is 14.9. The van der Waals surface area contributed by atoms with Gasteiger partial charge in [-0.25, -0.2) is 0 Å². The first-order chi connectivity index (χ1) is 6.11. The zero-order chi connectivity index (χ0) is 10.3. The summed E-state index contributed by atoms with van der Waals surface area (Å²) in [4.78, 5) is 0. The summed E-state index contributed by atoms with van der Waals surface area (Å²) in [7, 11) is 2.00. The molecule has 0 radical (unpaired) electrons. The topological polar surface area (TPSA) is 24.1 Å². The molecule has 0 bridgehead atoms. The summed E-state index contributed by atoms with van der Waals surface area (Å²) >= 11 is 0. The molecule has 0 aliphatic rings. The molecule has 2 N–H and O–H groups in total. The summed E-state index contributed by atoms with van der Waals surface area (Å²) in [5.41, 5.74) is 1.43. The van der Waals surface area contributed by atoms with Gasteiger partial charge in [0.05, 0.1) is 0 Å². The van der Waals surface area contributed by atoms with E-state index in [0.29, 0.717) is 12.0 Å². The summed E-state index contributed by atoms with van der Waals surface area (Å²) in [6.45, 7) is 9.87. The van der Waals surface area contributed by atoms with Crippen molar-refractivity contribution in [1.82, 2.24) is 10.6 Å². The zero-order valence-corrected chi connectivity index (χ0v) is 9.65. The summed E-state index contributed by atoms with van der Waals surface area (Å²) < 4.78 is 0. The van der Waals surface area contributed by atoms with Crippen molar-refractivity contribution in [2.75, 3.05) is 13.6 Å². The number of likely N-dealkylation sites (N-methyl/N-ethyl adjacent to an activating group) is 1. The van der Waals surface area contributed by atoms with Crippen LogP contribution < -0.4 is 10.6 Å². The molecule has 0 aromatic heterocycles. The normalized spacial score (nSPS) is 14.8. The van der Waals surface area contributed by atoms with Gasteiger partial charge in [0.15, 0.2) is 0 Å². The van der Waals surface area contributed by atoms with Crippen molar-refractivity contribution in [1.29, 1.82) is 0 Å². The van der Waals surface area contributed by atoms with Gasteiger partial charge >= 0.3 is 0 Å². The third-order valence-electron chi connectivity index (χ3n) is 2.21. The Balaban J connectivity index is 3.92. The molecule has 0 fully saturated rings. The lowest BCUT2D eigenvalue weighted by Gasteiger charge is -2.14. The third-order valence-corrected chi connectivity index (χ3v) is 2.21. The van der Waals surface area contributed by atoms with Gasteiger partial charge in [-0.15, -0.1) is 0 Å². The lowest BCUT2D eigenvalue weighted by atomic mass is 10.1. The van der Waals surface area contributed by atoms with Crippen molar-refractivity contribution in [2.45, 2.75) is 40.2 Å². The van der Waals surface area contributed by atoms with Crippen LogP contribution in [0.3, 0.4) is 0 Å². The fourth-order valence-electron chi connectivity index (χ4n) is 1.14. The molecule has 1 unspecified atom stereocenters. The van der Waals surface area contributed by atoms with E-state index in [0.717, 1.165) is 13.0 Å². The molecule has 0 aliphatic carbocycles. The van der Waals surface area contributed by atoms with Gasteiger partial charge in [-0.1, -0.05) is 20.8 Å². The van der Waals surface area contributed by atoms with Crippen LogP contribution in [0.1, 0.15) is 34.1 Å². The van der Waals surface area contributed by atoms with Gasteiger partial charge in [0, 0.05) is 12.6 Å². The second-order valence-corrected chi connectivity index (χ2v) is 3.89. The van der Waals surface area contributed by atoms with Gasteiger partial charge in [0.1, 0.15) is 0 Å². The van der Waals surface area contributed by atoms with E-state index in [4.69, 9.17) is 0 Å². The van der Waals surface area contributed by atoms with Gasteiger partial charge in [-0.3, -0.25) is 0 Å². The number of hydrogen-bond donors (Lipinski definition) is 2. The summed E-state index contributed by atoms with van der Waals surface area (Å²) in [5, 5.41) is 6.59. The predicted octanol–water partition coefficient (Wildman–Crippen LogP) is 2.13. The molecule has 2 nitrogen and oxygen atoms in total. The quantitative estimate of drug-likeness (QED) is 0.661. The van der Waals surface area contributed by atoms with Crippen molar-refractivity contribution < 1.29 is 0 Å². The van der Waals surface area contributed by atoms with Gasteiger partial charge in [0.2, 0.25) is 0 Å². The fourth-order valence-corrected chi connectivity index (χ4v) is 1.14. The van der Waals surface area contributed by atoms with Crippen molar-refractivity contribution in [3.8, 4) is 0 Å². The molecule has 0 saturated carbocycles. The van der Waals surface area contributed by atoms with Crippen LogP contribution in [0.2, 0.25) is 0 Å². The van der Waals surface area contributed by atoms with Crippen molar-refractivity contribution >= 4 is 0 Å². The molecule has 0 amide bonds. The van der Waals surface area contributed by atoms with Crippen LogP contribution >= 0.6 is 0 Å². The summed E-state index contributed by atoms with van der Waals surface area (Å²) in [6.07, 6.45) is 3.26. The maximum absolute atomic E-state index is 3.35. The van der Waals surface area contributed by atoms with Crippen molar-refractivity contribution in [3.63, 3.8) is 0 Å². The Morgan fingerprint density at radius 1 is 1.31 bits per heavy atom. The molecule has 0 rings (SSSR count). The Labute approximate surface area is 82.8 Å². The van der Waals surface area contributed by atoms with Crippen LogP contribution in [0.5, 0.6) is 0 Å². The Hall–Kier alpha value is -0.500. The first kappa shape index (κ1) is 12.5. The van der Waals surface area contributed by atoms with E-state index in [9.17, 15) is 0 Å².